The highest BCUT2D eigenvalue weighted by atomic mass is 16.4. The summed E-state index contributed by atoms with van der Waals surface area (Å²) < 4.78 is 0. The van der Waals surface area contributed by atoms with Gasteiger partial charge in [-0.25, -0.2) is 4.79 Å². The molecule has 0 aliphatic heterocycles. The summed E-state index contributed by atoms with van der Waals surface area (Å²) in [6.07, 6.45) is 0.897. The molecule has 0 fully saturated rings. The Morgan fingerprint density at radius 3 is 2.56 bits per heavy atom. The lowest BCUT2D eigenvalue weighted by Gasteiger charge is -2.01. The van der Waals surface area contributed by atoms with Crippen LogP contribution in [0.3, 0.4) is 0 Å². The van der Waals surface area contributed by atoms with Crippen LogP contribution in [-0.2, 0) is 4.79 Å². The molecule has 0 saturated carbocycles. The molecular formula is C6H12O3. The zero-order valence-corrected chi connectivity index (χ0v) is 5.50. The van der Waals surface area contributed by atoms with Crippen LogP contribution in [0.1, 0.15) is 26.2 Å². The fourth-order valence-corrected chi connectivity index (χ4v) is 0.521. The van der Waals surface area contributed by atoms with Gasteiger partial charge in [-0.05, 0) is 6.42 Å². The molecule has 0 aliphatic carbocycles. The maximum absolute atomic E-state index is 9.96. The van der Waals surface area contributed by atoms with Crippen molar-refractivity contribution in [3.63, 3.8) is 0 Å². The van der Waals surface area contributed by atoms with Gasteiger partial charge in [-0.2, -0.15) is 0 Å². The van der Waals surface area contributed by atoms with E-state index in [2.05, 4.69) is 0 Å². The van der Waals surface area contributed by atoms with E-state index >= 15 is 0 Å². The molecule has 0 radical (unpaired) electrons. The number of unbranched alkanes of at least 4 members (excludes halogenated alkanes) is 1. The maximum atomic E-state index is 9.96. The molecule has 1 unspecified atom stereocenters. The van der Waals surface area contributed by atoms with Crippen molar-refractivity contribution in [2.75, 3.05) is 0 Å². The molecule has 0 aromatic rings. The lowest BCUT2D eigenvalue weighted by Crippen LogP contribution is -2.18. The van der Waals surface area contributed by atoms with Gasteiger partial charge in [0.15, 0.2) is 6.10 Å². The van der Waals surface area contributed by atoms with E-state index in [4.69, 9.17) is 10.2 Å². The van der Waals surface area contributed by atoms with Crippen LogP contribution in [0.15, 0.2) is 0 Å². The fourth-order valence-electron chi connectivity index (χ4n) is 0.521. The average Bonchev–Trinajstić information content (AvgIpc) is 1.82. The molecular weight excluding hydrogens is 120 g/mol. The minimum absolute atomic E-state index is 0.367. The standard InChI is InChI=1S/C6H12O3/c1-2-3-4-5(7)6(8)9/h5,7H,2-4H2,1H3,(H,8,9). The van der Waals surface area contributed by atoms with Crippen molar-refractivity contribution >= 4 is 5.97 Å². The summed E-state index contributed by atoms with van der Waals surface area (Å²) in [5.41, 5.74) is 0. The quantitative estimate of drug-likeness (QED) is 0.589. The number of aliphatic carboxylic acids is 1. The number of aliphatic hydroxyl groups is 1. The first-order valence-electron chi connectivity index (χ1n) is 3.09. The second-order valence-electron chi connectivity index (χ2n) is 2.00. The SMILES string of the molecule is CCCCC(O)C(=O)O. The smallest absolute Gasteiger partial charge is 0.332 e. The number of hydrogen-bond acceptors (Lipinski definition) is 2. The largest absolute Gasteiger partial charge is 0.479 e. The summed E-state index contributed by atoms with van der Waals surface area (Å²) in [5, 5.41) is 16.8. The zero-order chi connectivity index (χ0) is 7.28. The van der Waals surface area contributed by atoms with Crippen LogP contribution in [0.5, 0.6) is 0 Å². The second kappa shape index (κ2) is 4.32. The summed E-state index contributed by atoms with van der Waals surface area (Å²) in [7, 11) is 0. The van der Waals surface area contributed by atoms with Crippen molar-refractivity contribution < 1.29 is 15.0 Å². The molecule has 3 heteroatoms. The first kappa shape index (κ1) is 8.43. The van der Waals surface area contributed by atoms with Gasteiger partial charge in [-0.1, -0.05) is 19.8 Å². The van der Waals surface area contributed by atoms with Crippen LogP contribution in [0.25, 0.3) is 0 Å². The van der Waals surface area contributed by atoms with E-state index in [9.17, 15) is 4.79 Å². The van der Waals surface area contributed by atoms with Gasteiger partial charge >= 0.3 is 5.97 Å². The topological polar surface area (TPSA) is 57.5 Å². The second-order valence-corrected chi connectivity index (χ2v) is 2.00. The molecule has 1 atom stereocenters. The average molecular weight is 132 g/mol. The lowest BCUT2D eigenvalue weighted by molar-refractivity contribution is -0.146. The van der Waals surface area contributed by atoms with Crippen molar-refractivity contribution in [1.82, 2.24) is 0 Å². The van der Waals surface area contributed by atoms with Gasteiger partial charge in [0, 0.05) is 0 Å². The molecule has 54 valence electrons. The Bertz CT molecular complexity index is 90.3. The highest BCUT2D eigenvalue weighted by Crippen LogP contribution is 1.99. The lowest BCUT2D eigenvalue weighted by atomic mass is 10.2. The van der Waals surface area contributed by atoms with Crippen LogP contribution in [0, 0.1) is 0 Å². The number of carboxylic acid groups (broad SMARTS) is 1. The molecule has 2 N–H and O–H groups in total. The van der Waals surface area contributed by atoms with Crippen LogP contribution in [0.2, 0.25) is 0 Å². The Morgan fingerprint density at radius 2 is 2.22 bits per heavy atom. The molecule has 0 saturated heterocycles. The first-order chi connectivity index (χ1) is 4.18. The summed E-state index contributed by atoms with van der Waals surface area (Å²) in [4.78, 5) is 9.96. The van der Waals surface area contributed by atoms with E-state index < -0.39 is 12.1 Å². The van der Waals surface area contributed by atoms with Gasteiger partial charge in [-0.15, -0.1) is 0 Å². The van der Waals surface area contributed by atoms with Gasteiger partial charge in [0.2, 0.25) is 0 Å². The van der Waals surface area contributed by atoms with E-state index in [1.807, 2.05) is 6.92 Å². The van der Waals surface area contributed by atoms with Gasteiger partial charge in [0.05, 0.1) is 0 Å². The predicted octanol–water partition coefficient (Wildman–Crippen LogP) is 0.622. The summed E-state index contributed by atoms with van der Waals surface area (Å²) in [6.45, 7) is 1.95. The fraction of sp³-hybridized carbons (Fsp3) is 0.833. The van der Waals surface area contributed by atoms with E-state index in [0.29, 0.717) is 6.42 Å². The van der Waals surface area contributed by atoms with Crippen LogP contribution in [0.4, 0.5) is 0 Å². The minimum atomic E-state index is -1.16. The van der Waals surface area contributed by atoms with Crippen molar-refractivity contribution in [3.8, 4) is 0 Å². The number of carbonyl (C=O) groups is 1. The third-order valence-corrected chi connectivity index (χ3v) is 1.12. The molecule has 0 spiro atoms. The summed E-state index contributed by atoms with van der Waals surface area (Å²) >= 11 is 0. The number of carboxylic acids is 1. The molecule has 0 heterocycles. The molecule has 3 nitrogen and oxygen atoms in total. The first-order valence-corrected chi connectivity index (χ1v) is 3.09. The van der Waals surface area contributed by atoms with Crippen molar-refractivity contribution in [2.45, 2.75) is 32.3 Å². The highest BCUT2D eigenvalue weighted by Gasteiger charge is 2.10. The van der Waals surface area contributed by atoms with E-state index in [-0.39, 0.29) is 0 Å². The third-order valence-electron chi connectivity index (χ3n) is 1.12. The van der Waals surface area contributed by atoms with E-state index in [1.165, 1.54) is 0 Å². The molecule has 0 rings (SSSR count). The molecule has 0 aliphatic rings. The predicted molar refractivity (Wildman–Crippen MR) is 33.2 cm³/mol. The summed E-state index contributed by atoms with van der Waals surface area (Å²) in [6, 6.07) is 0. The highest BCUT2D eigenvalue weighted by molar-refractivity contribution is 5.71. The van der Waals surface area contributed by atoms with Crippen molar-refractivity contribution in [1.29, 1.82) is 0 Å². The van der Waals surface area contributed by atoms with Crippen LogP contribution >= 0.6 is 0 Å². The number of aliphatic hydroxyl groups excluding tert-OH is 1. The molecule has 0 aromatic carbocycles. The van der Waals surface area contributed by atoms with Gasteiger partial charge in [-0.3, -0.25) is 0 Å². The van der Waals surface area contributed by atoms with Crippen LogP contribution in [-0.4, -0.2) is 22.3 Å². The minimum Gasteiger partial charge on any atom is -0.479 e. The Labute approximate surface area is 54.3 Å². The van der Waals surface area contributed by atoms with Crippen LogP contribution < -0.4 is 0 Å². The summed E-state index contributed by atoms with van der Waals surface area (Å²) in [5.74, 6) is -1.12. The molecule has 9 heavy (non-hydrogen) atoms. The van der Waals surface area contributed by atoms with Gasteiger partial charge in [0.25, 0.3) is 0 Å². The number of hydrogen-bond donors (Lipinski definition) is 2. The van der Waals surface area contributed by atoms with Crippen molar-refractivity contribution in [3.05, 3.63) is 0 Å². The van der Waals surface area contributed by atoms with Gasteiger partial charge < -0.3 is 10.2 Å². The Kier molecular flexibility index (Phi) is 4.05. The molecule has 0 bridgehead atoms. The third kappa shape index (κ3) is 3.97. The Hall–Kier alpha value is -0.570. The monoisotopic (exact) mass is 132 g/mol. The normalized spacial score (nSPS) is 13.1. The Balaban J connectivity index is 3.27. The zero-order valence-electron chi connectivity index (χ0n) is 5.50. The van der Waals surface area contributed by atoms with E-state index in [1.54, 1.807) is 0 Å². The molecule has 0 amide bonds. The Morgan fingerprint density at radius 1 is 1.67 bits per heavy atom. The maximum Gasteiger partial charge on any atom is 0.332 e. The van der Waals surface area contributed by atoms with Gasteiger partial charge in [0.1, 0.15) is 0 Å². The van der Waals surface area contributed by atoms with E-state index in [0.717, 1.165) is 12.8 Å². The van der Waals surface area contributed by atoms with Crippen molar-refractivity contribution in [2.24, 2.45) is 0 Å². The molecule has 0 aromatic heterocycles. The number of rotatable bonds is 4.